The van der Waals surface area contributed by atoms with Gasteiger partial charge < -0.3 is 14.2 Å². The molecule has 1 rings (SSSR count). The first-order chi connectivity index (χ1) is 9.50. The summed E-state index contributed by atoms with van der Waals surface area (Å²) in [6.45, 7) is 7.62. The lowest BCUT2D eigenvalue weighted by atomic mass is 9.75. The molecule has 1 saturated carbocycles. The molecule has 20 heavy (non-hydrogen) atoms. The fourth-order valence-corrected chi connectivity index (χ4v) is 2.71. The number of hydrogen-bond acceptors (Lipinski definition) is 5. The van der Waals surface area contributed by atoms with E-state index < -0.39 is 6.10 Å². The molecule has 0 bridgehead atoms. The summed E-state index contributed by atoms with van der Waals surface area (Å²) in [4.78, 5) is 20.6. The molecule has 5 heteroatoms. The van der Waals surface area contributed by atoms with Gasteiger partial charge in [0.15, 0.2) is 6.10 Å². The lowest BCUT2D eigenvalue weighted by Gasteiger charge is -2.39. The normalized spacial score (nSPS) is 27.9. The van der Waals surface area contributed by atoms with Crippen molar-refractivity contribution in [2.24, 2.45) is 11.8 Å². The predicted octanol–water partition coefficient (Wildman–Crippen LogP) is 2.32. The zero-order chi connectivity index (χ0) is 15.0. The highest BCUT2D eigenvalue weighted by Gasteiger charge is 2.33. The third kappa shape index (κ3) is 5.49. The highest BCUT2D eigenvalue weighted by Crippen LogP contribution is 2.37. The van der Waals surface area contributed by atoms with Crippen LogP contribution in [0.15, 0.2) is 0 Å². The first-order valence-electron chi connectivity index (χ1n) is 7.29. The maximum absolute atomic E-state index is 10.4. The Morgan fingerprint density at radius 3 is 2.30 bits per heavy atom. The number of ether oxygens (including phenoxy) is 3. The molecule has 0 aromatic rings. The molecule has 1 aliphatic rings. The maximum atomic E-state index is 10.4. The van der Waals surface area contributed by atoms with Gasteiger partial charge in [-0.15, -0.1) is 0 Å². The van der Waals surface area contributed by atoms with E-state index in [1.807, 2.05) is 0 Å². The molecule has 116 valence electrons. The Bertz CT molecular complexity index is 295. The second-order valence-electron chi connectivity index (χ2n) is 6.13. The van der Waals surface area contributed by atoms with Crippen molar-refractivity contribution in [3.05, 3.63) is 0 Å². The first-order valence-corrected chi connectivity index (χ1v) is 7.29. The lowest BCUT2D eigenvalue weighted by molar-refractivity contribution is -0.154. The zero-order valence-corrected chi connectivity index (χ0v) is 12.7. The van der Waals surface area contributed by atoms with E-state index in [-0.39, 0.29) is 18.8 Å². The molecule has 1 atom stereocenters. The molecule has 1 aliphatic carbocycles. The van der Waals surface area contributed by atoms with Crippen LogP contribution in [0.25, 0.3) is 0 Å². The molecular formula is C15H26O5. The maximum Gasteiger partial charge on any atom is 0.293 e. The molecule has 0 heterocycles. The Morgan fingerprint density at radius 1 is 1.15 bits per heavy atom. The van der Waals surface area contributed by atoms with Crippen LogP contribution in [0.1, 0.15) is 46.5 Å². The minimum absolute atomic E-state index is 0.0347. The van der Waals surface area contributed by atoms with Crippen molar-refractivity contribution >= 4 is 12.9 Å². The van der Waals surface area contributed by atoms with Gasteiger partial charge in [-0.3, -0.25) is 9.59 Å². The van der Waals surface area contributed by atoms with Gasteiger partial charge in [0.2, 0.25) is 0 Å². The second-order valence-corrected chi connectivity index (χ2v) is 6.13. The van der Waals surface area contributed by atoms with Crippen LogP contribution in [0.2, 0.25) is 0 Å². The van der Waals surface area contributed by atoms with Crippen LogP contribution in [0.4, 0.5) is 0 Å². The van der Waals surface area contributed by atoms with Crippen molar-refractivity contribution in [1.82, 2.24) is 0 Å². The van der Waals surface area contributed by atoms with E-state index in [2.05, 4.69) is 25.5 Å². The summed E-state index contributed by atoms with van der Waals surface area (Å²) in [5.74, 6) is 1.48. The molecule has 1 unspecified atom stereocenters. The van der Waals surface area contributed by atoms with Crippen LogP contribution in [-0.4, -0.2) is 37.9 Å². The zero-order valence-electron chi connectivity index (χ0n) is 12.7. The molecule has 0 N–H and O–H groups in total. The van der Waals surface area contributed by atoms with E-state index in [1.165, 1.54) is 0 Å². The molecule has 5 nitrogen and oxygen atoms in total. The molecule has 0 saturated heterocycles. The van der Waals surface area contributed by atoms with Crippen molar-refractivity contribution in [2.75, 3.05) is 13.2 Å². The summed E-state index contributed by atoms with van der Waals surface area (Å²) in [5, 5.41) is 0. The quantitative estimate of drug-likeness (QED) is 0.609. The number of hydrogen-bond donors (Lipinski definition) is 0. The van der Waals surface area contributed by atoms with Crippen LogP contribution in [0, 0.1) is 11.8 Å². The fourth-order valence-electron chi connectivity index (χ4n) is 2.71. The van der Waals surface area contributed by atoms with Gasteiger partial charge in [0.05, 0.1) is 12.2 Å². The summed E-state index contributed by atoms with van der Waals surface area (Å²) >= 11 is 0. The number of carbonyl (C=O) groups excluding carboxylic acids is 2. The topological polar surface area (TPSA) is 61.8 Å². The van der Waals surface area contributed by atoms with Crippen molar-refractivity contribution in [3.63, 3.8) is 0 Å². The van der Waals surface area contributed by atoms with Gasteiger partial charge in [-0.25, -0.2) is 0 Å². The van der Waals surface area contributed by atoms with Crippen LogP contribution < -0.4 is 0 Å². The number of rotatable bonds is 9. The van der Waals surface area contributed by atoms with Crippen molar-refractivity contribution < 1.29 is 23.8 Å². The smallest absolute Gasteiger partial charge is 0.293 e. The Morgan fingerprint density at radius 2 is 1.80 bits per heavy atom. The van der Waals surface area contributed by atoms with Gasteiger partial charge in [0, 0.05) is 0 Å². The van der Waals surface area contributed by atoms with Crippen LogP contribution in [0.3, 0.4) is 0 Å². The van der Waals surface area contributed by atoms with E-state index in [0.29, 0.717) is 18.9 Å². The predicted molar refractivity (Wildman–Crippen MR) is 74.1 cm³/mol. The highest BCUT2D eigenvalue weighted by atomic mass is 16.6. The third-order valence-corrected chi connectivity index (χ3v) is 4.25. The molecule has 0 aromatic carbocycles. The Balaban J connectivity index is 2.38. The molecule has 0 spiro atoms. The van der Waals surface area contributed by atoms with Crippen LogP contribution in [-0.2, 0) is 23.8 Å². The lowest BCUT2D eigenvalue weighted by Crippen LogP contribution is -2.38. The number of carbonyl (C=O) groups is 2. The van der Waals surface area contributed by atoms with Crippen LogP contribution in [0.5, 0.6) is 0 Å². The van der Waals surface area contributed by atoms with Gasteiger partial charge in [0.1, 0.15) is 6.61 Å². The average Bonchev–Trinajstić information content (AvgIpc) is 2.42. The first kappa shape index (κ1) is 17.0. The van der Waals surface area contributed by atoms with Crippen LogP contribution >= 0.6 is 0 Å². The summed E-state index contributed by atoms with van der Waals surface area (Å²) in [5.41, 5.74) is -0.170. The van der Waals surface area contributed by atoms with E-state index in [9.17, 15) is 9.59 Å². The minimum atomic E-state index is -0.530. The van der Waals surface area contributed by atoms with E-state index in [0.717, 1.165) is 31.6 Å². The summed E-state index contributed by atoms with van der Waals surface area (Å²) in [6, 6.07) is 0. The second kappa shape index (κ2) is 8.25. The SMILES string of the molecule is CC(C)C1CCC(C)(OCC(COC=O)OC=O)CC1. The summed E-state index contributed by atoms with van der Waals surface area (Å²) in [6.07, 6.45) is 3.82. The fraction of sp³-hybridized carbons (Fsp3) is 0.867. The van der Waals surface area contributed by atoms with Gasteiger partial charge >= 0.3 is 0 Å². The summed E-state index contributed by atoms with van der Waals surface area (Å²) < 4.78 is 15.4. The molecule has 0 radical (unpaired) electrons. The van der Waals surface area contributed by atoms with E-state index >= 15 is 0 Å². The largest absolute Gasteiger partial charge is 0.464 e. The standard InChI is InChI=1S/C15H26O5/c1-12(2)13-4-6-15(3,7-5-13)20-9-14(19-11-17)8-18-10-16/h10-14H,4-9H2,1-3H3. The van der Waals surface area contributed by atoms with Gasteiger partial charge in [-0.2, -0.15) is 0 Å². The Kier molecular flexibility index (Phi) is 6.99. The Hall–Kier alpha value is -1.10. The Labute approximate surface area is 121 Å². The minimum Gasteiger partial charge on any atom is -0.464 e. The van der Waals surface area contributed by atoms with Gasteiger partial charge in [0.25, 0.3) is 12.9 Å². The van der Waals surface area contributed by atoms with E-state index in [1.54, 1.807) is 0 Å². The third-order valence-electron chi connectivity index (χ3n) is 4.25. The van der Waals surface area contributed by atoms with Crippen molar-refractivity contribution in [2.45, 2.75) is 58.2 Å². The molecular weight excluding hydrogens is 260 g/mol. The molecule has 0 aromatic heterocycles. The van der Waals surface area contributed by atoms with Crippen molar-refractivity contribution in [3.8, 4) is 0 Å². The van der Waals surface area contributed by atoms with Gasteiger partial charge in [-0.1, -0.05) is 13.8 Å². The molecule has 0 aliphatic heterocycles. The average molecular weight is 286 g/mol. The highest BCUT2D eigenvalue weighted by molar-refractivity contribution is 5.38. The monoisotopic (exact) mass is 286 g/mol. The van der Waals surface area contributed by atoms with E-state index in [4.69, 9.17) is 9.47 Å². The summed E-state index contributed by atoms with van der Waals surface area (Å²) in [7, 11) is 0. The van der Waals surface area contributed by atoms with Gasteiger partial charge in [-0.05, 0) is 44.4 Å². The van der Waals surface area contributed by atoms with Crippen molar-refractivity contribution in [1.29, 1.82) is 0 Å². The molecule has 0 amide bonds. The molecule has 1 fully saturated rings.